The Morgan fingerprint density at radius 3 is 2.83 bits per heavy atom. The van der Waals surface area contributed by atoms with Crippen molar-refractivity contribution >= 4 is 0 Å². The van der Waals surface area contributed by atoms with Gasteiger partial charge < -0.3 is 14.8 Å². The van der Waals surface area contributed by atoms with E-state index < -0.39 is 0 Å². The Hall–Kier alpha value is -1.88. The fraction of sp³-hybridized carbons (Fsp3) is 0.385. The van der Waals surface area contributed by atoms with Crippen molar-refractivity contribution in [3.05, 3.63) is 41.4 Å². The lowest BCUT2D eigenvalue weighted by Gasteiger charge is -2.11. The molecule has 0 fully saturated rings. The number of rotatable bonds is 4. The standard InChI is InChI=1S/C13H17N3O2/c1-8-4-5-12(17)11(16-8)7-14-10(3)13-15-6-9(2)18-13/h4-6,10,14,17H,7H2,1-3H3. The molecule has 0 radical (unpaired) electrons. The van der Waals surface area contributed by atoms with Crippen molar-refractivity contribution in [1.82, 2.24) is 15.3 Å². The van der Waals surface area contributed by atoms with Gasteiger partial charge in [-0.15, -0.1) is 0 Å². The van der Waals surface area contributed by atoms with E-state index in [1.54, 1.807) is 18.3 Å². The maximum absolute atomic E-state index is 9.68. The lowest BCUT2D eigenvalue weighted by molar-refractivity contribution is 0.395. The summed E-state index contributed by atoms with van der Waals surface area (Å²) in [6, 6.07) is 3.40. The van der Waals surface area contributed by atoms with Crippen molar-refractivity contribution in [2.75, 3.05) is 0 Å². The molecular weight excluding hydrogens is 230 g/mol. The molecule has 18 heavy (non-hydrogen) atoms. The van der Waals surface area contributed by atoms with Crippen LogP contribution in [0.25, 0.3) is 0 Å². The van der Waals surface area contributed by atoms with Gasteiger partial charge in [0.05, 0.1) is 17.9 Å². The largest absolute Gasteiger partial charge is 0.506 e. The molecule has 1 atom stereocenters. The highest BCUT2D eigenvalue weighted by Gasteiger charge is 2.12. The number of hydrogen-bond acceptors (Lipinski definition) is 5. The van der Waals surface area contributed by atoms with Gasteiger partial charge in [-0.05, 0) is 32.9 Å². The van der Waals surface area contributed by atoms with E-state index in [-0.39, 0.29) is 11.8 Å². The molecular formula is C13H17N3O2. The monoisotopic (exact) mass is 247 g/mol. The third-order valence-corrected chi connectivity index (χ3v) is 2.67. The van der Waals surface area contributed by atoms with Crippen molar-refractivity contribution in [3.8, 4) is 5.75 Å². The van der Waals surface area contributed by atoms with Gasteiger partial charge in [-0.25, -0.2) is 4.98 Å². The molecule has 5 nitrogen and oxygen atoms in total. The number of aryl methyl sites for hydroxylation is 2. The van der Waals surface area contributed by atoms with E-state index in [1.165, 1.54) is 0 Å². The van der Waals surface area contributed by atoms with Crippen LogP contribution in [0.2, 0.25) is 0 Å². The van der Waals surface area contributed by atoms with Crippen LogP contribution >= 0.6 is 0 Å². The van der Waals surface area contributed by atoms with Gasteiger partial charge in [0.1, 0.15) is 11.5 Å². The number of pyridine rings is 1. The SMILES string of the molecule is Cc1ccc(O)c(CNC(C)c2ncc(C)o2)n1. The lowest BCUT2D eigenvalue weighted by atomic mass is 10.2. The minimum atomic E-state index is -0.0274. The molecule has 0 aromatic carbocycles. The summed E-state index contributed by atoms with van der Waals surface area (Å²) in [5.74, 6) is 1.62. The zero-order valence-corrected chi connectivity index (χ0v) is 10.8. The minimum absolute atomic E-state index is 0.0274. The normalized spacial score (nSPS) is 12.6. The maximum atomic E-state index is 9.68. The molecule has 5 heteroatoms. The van der Waals surface area contributed by atoms with E-state index in [4.69, 9.17) is 4.42 Å². The Morgan fingerprint density at radius 2 is 2.17 bits per heavy atom. The molecule has 0 saturated heterocycles. The minimum Gasteiger partial charge on any atom is -0.506 e. The molecule has 2 aromatic heterocycles. The average Bonchev–Trinajstić information content (AvgIpc) is 2.77. The van der Waals surface area contributed by atoms with Crippen molar-refractivity contribution in [1.29, 1.82) is 0 Å². The van der Waals surface area contributed by atoms with Gasteiger partial charge in [0, 0.05) is 12.2 Å². The first-order chi connectivity index (χ1) is 8.56. The van der Waals surface area contributed by atoms with E-state index in [0.717, 1.165) is 11.5 Å². The molecule has 0 spiro atoms. The number of oxazole rings is 1. The van der Waals surface area contributed by atoms with Crippen LogP contribution < -0.4 is 5.32 Å². The number of nitrogens with one attached hydrogen (secondary N) is 1. The first kappa shape index (κ1) is 12.6. The highest BCUT2D eigenvalue weighted by Crippen LogP contribution is 2.17. The Morgan fingerprint density at radius 1 is 1.39 bits per heavy atom. The van der Waals surface area contributed by atoms with E-state index in [0.29, 0.717) is 18.1 Å². The molecule has 2 N–H and O–H groups in total. The third kappa shape index (κ3) is 2.87. The number of aromatic hydroxyl groups is 1. The van der Waals surface area contributed by atoms with Crippen LogP contribution in [0.15, 0.2) is 22.7 Å². The van der Waals surface area contributed by atoms with Gasteiger partial charge in [0.15, 0.2) is 0 Å². The first-order valence-electron chi connectivity index (χ1n) is 5.87. The fourth-order valence-electron chi connectivity index (χ4n) is 1.64. The van der Waals surface area contributed by atoms with Crippen LogP contribution in [0.5, 0.6) is 5.75 Å². The molecule has 0 amide bonds. The van der Waals surface area contributed by atoms with E-state index >= 15 is 0 Å². The Balaban J connectivity index is 2.01. The van der Waals surface area contributed by atoms with Crippen molar-refractivity contribution in [3.63, 3.8) is 0 Å². The zero-order valence-electron chi connectivity index (χ0n) is 10.8. The van der Waals surface area contributed by atoms with Gasteiger partial charge in [-0.3, -0.25) is 4.98 Å². The van der Waals surface area contributed by atoms with Gasteiger partial charge in [-0.2, -0.15) is 0 Å². The van der Waals surface area contributed by atoms with Crippen LogP contribution in [0, 0.1) is 13.8 Å². The van der Waals surface area contributed by atoms with Crippen LogP contribution in [0.3, 0.4) is 0 Å². The lowest BCUT2D eigenvalue weighted by Crippen LogP contribution is -2.19. The molecule has 0 bridgehead atoms. The molecule has 0 aliphatic heterocycles. The summed E-state index contributed by atoms with van der Waals surface area (Å²) >= 11 is 0. The summed E-state index contributed by atoms with van der Waals surface area (Å²) in [6.07, 6.45) is 1.69. The molecule has 0 aliphatic carbocycles. The Bertz CT molecular complexity index is 537. The number of aromatic nitrogens is 2. The predicted molar refractivity (Wildman–Crippen MR) is 67.1 cm³/mol. The first-order valence-corrected chi connectivity index (χ1v) is 5.87. The molecule has 0 saturated carbocycles. The molecule has 2 heterocycles. The zero-order chi connectivity index (χ0) is 13.1. The highest BCUT2D eigenvalue weighted by molar-refractivity contribution is 5.27. The summed E-state index contributed by atoms with van der Waals surface area (Å²) in [6.45, 7) is 6.18. The van der Waals surface area contributed by atoms with Crippen LogP contribution in [-0.4, -0.2) is 15.1 Å². The van der Waals surface area contributed by atoms with Crippen molar-refractivity contribution in [2.45, 2.75) is 33.4 Å². The van der Waals surface area contributed by atoms with Gasteiger partial charge in [-0.1, -0.05) is 0 Å². The molecule has 2 aromatic rings. The summed E-state index contributed by atoms with van der Waals surface area (Å²) in [5.41, 5.74) is 1.51. The average molecular weight is 247 g/mol. The van der Waals surface area contributed by atoms with E-state index in [1.807, 2.05) is 20.8 Å². The summed E-state index contributed by atoms with van der Waals surface area (Å²) in [7, 11) is 0. The maximum Gasteiger partial charge on any atom is 0.211 e. The topological polar surface area (TPSA) is 71.2 Å². The highest BCUT2D eigenvalue weighted by atomic mass is 16.4. The number of hydrogen-bond donors (Lipinski definition) is 2. The van der Waals surface area contributed by atoms with Crippen LogP contribution in [-0.2, 0) is 6.54 Å². The second-order valence-corrected chi connectivity index (χ2v) is 4.33. The van der Waals surface area contributed by atoms with Gasteiger partial charge in [0.25, 0.3) is 0 Å². The second kappa shape index (κ2) is 5.18. The van der Waals surface area contributed by atoms with Crippen LogP contribution in [0.1, 0.15) is 36.0 Å². The van der Waals surface area contributed by atoms with Gasteiger partial charge >= 0.3 is 0 Å². The molecule has 96 valence electrons. The Kier molecular flexibility index (Phi) is 3.62. The summed E-state index contributed by atoms with van der Waals surface area (Å²) in [5, 5.41) is 12.9. The quantitative estimate of drug-likeness (QED) is 0.867. The third-order valence-electron chi connectivity index (χ3n) is 2.67. The van der Waals surface area contributed by atoms with E-state index in [2.05, 4.69) is 15.3 Å². The summed E-state index contributed by atoms with van der Waals surface area (Å²) in [4.78, 5) is 8.44. The smallest absolute Gasteiger partial charge is 0.211 e. The molecule has 0 aliphatic rings. The molecule has 2 rings (SSSR count). The predicted octanol–water partition coefficient (Wildman–Crippen LogP) is 2.24. The number of nitrogens with zero attached hydrogens (tertiary/aromatic N) is 2. The molecule has 1 unspecified atom stereocenters. The van der Waals surface area contributed by atoms with Crippen LogP contribution in [0.4, 0.5) is 0 Å². The Labute approximate surface area is 106 Å². The van der Waals surface area contributed by atoms with Gasteiger partial charge in [0.2, 0.25) is 5.89 Å². The fourth-order valence-corrected chi connectivity index (χ4v) is 1.64. The van der Waals surface area contributed by atoms with Crippen molar-refractivity contribution in [2.24, 2.45) is 0 Å². The van der Waals surface area contributed by atoms with E-state index in [9.17, 15) is 5.11 Å². The van der Waals surface area contributed by atoms with Crippen molar-refractivity contribution < 1.29 is 9.52 Å². The second-order valence-electron chi connectivity index (χ2n) is 4.33. The summed E-state index contributed by atoms with van der Waals surface area (Å²) < 4.78 is 5.43.